The minimum atomic E-state index is -0.485. The van der Waals surface area contributed by atoms with E-state index in [1.165, 1.54) is 7.11 Å². The Hall–Kier alpha value is -2.76. The number of esters is 1. The zero-order chi connectivity index (χ0) is 14.8. The quantitative estimate of drug-likeness (QED) is 0.742. The Morgan fingerprint density at radius 2 is 2.14 bits per heavy atom. The molecule has 0 fully saturated rings. The molecule has 0 bridgehead atoms. The summed E-state index contributed by atoms with van der Waals surface area (Å²) in [5, 5.41) is 3.21. The lowest BCUT2D eigenvalue weighted by Crippen LogP contribution is -2.00. The van der Waals surface area contributed by atoms with Gasteiger partial charge in [-0.3, -0.25) is 0 Å². The molecule has 1 N–H and O–H groups in total. The van der Waals surface area contributed by atoms with Crippen molar-refractivity contribution in [2.24, 2.45) is 0 Å². The van der Waals surface area contributed by atoms with Crippen molar-refractivity contribution < 1.29 is 18.4 Å². The van der Waals surface area contributed by atoms with Gasteiger partial charge >= 0.3 is 5.97 Å². The smallest absolute Gasteiger partial charge is 0.373 e. The Kier molecular flexibility index (Phi) is 3.35. The predicted octanol–water partition coefficient (Wildman–Crippen LogP) is 3.13. The van der Waals surface area contributed by atoms with Gasteiger partial charge < -0.3 is 18.9 Å². The summed E-state index contributed by atoms with van der Waals surface area (Å²) in [4.78, 5) is 15.6. The minimum Gasteiger partial charge on any atom is -0.463 e. The van der Waals surface area contributed by atoms with Gasteiger partial charge in [0.2, 0.25) is 5.76 Å². The van der Waals surface area contributed by atoms with Gasteiger partial charge in [0.25, 0.3) is 0 Å². The van der Waals surface area contributed by atoms with Crippen molar-refractivity contribution in [2.75, 3.05) is 12.4 Å². The standard InChI is InChI=1S/C15H14N2O4/c1-9-17-12-7-10(3-5-13(12)20-9)16-8-11-4-6-14(21-11)15(18)19-2/h3-7,16H,8H2,1-2H3. The second-order valence-electron chi connectivity index (χ2n) is 4.53. The molecule has 2 heterocycles. The fourth-order valence-electron chi connectivity index (χ4n) is 2.02. The molecule has 0 unspecified atom stereocenters. The molecule has 0 amide bonds. The molecular weight excluding hydrogens is 272 g/mol. The number of furan rings is 1. The summed E-state index contributed by atoms with van der Waals surface area (Å²) in [6, 6.07) is 8.98. The Morgan fingerprint density at radius 3 is 2.95 bits per heavy atom. The largest absolute Gasteiger partial charge is 0.463 e. The maximum atomic E-state index is 11.3. The summed E-state index contributed by atoms with van der Waals surface area (Å²) >= 11 is 0. The Bertz CT molecular complexity index is 788. The van der Waals surface area contributed by atoms with Crippen LogP contribution >= 0.6 is 0 Å². The third-order valence-corrected chi connectivity index (χ3v) is 3.01. The Labute approximate surface area is 120 Å². The van der Waals surface area contributed by atoms with Crippen molar-refractivity contribution in [3.63, 3.8) is 0 Å². The van der Waals surface area contributed by atoms with Crippen LogP contribution in [0.5, 0.6) is 0 Å². The molecule has 0 saturated carbocycles. The maximum Gasteiger partial charge on any atom is 0.373 e. The number of carbonyl (C=O) groups excluding carboxylic acids is 1. The van der Waals surface area contributed by atoms with Crippen molar-refractivity contribution in [1.29, 1.82) is 0 Å². The van der Waals surface area contributed by atoms with Gasteiger partial charge in [-0.15, -0.1) is 0 Å². The van der Waals surface area contributed by atoms with E-state index in [1.54, 1.807) is 12.1 Å². The number of ether oxygens (including phenoxy) is 1. The number of nitrogens with zero attached hydrogens (tertiary/aromatic N) is 1. The summed E-state index contributed by atoms with van der Waals surface area (Å²) in [5.41, 5.74) is 2.45. The lowest BCUT2D eigenvalue weighted by molar-refractivity contribution is 0.0563. The number of benzene rings is 1. The normalized spacial score (nSPS) is 10.8. The molecule has 0 atom stereocenters. The van der Waals surface area contributed by atoms with E-state index in [9.17, 15) is 4.79 Å². The highest BCUT2D eigenvalue weighted by Crippen LogP contribution is 2.20. The molecule has 1 aromatic carbocycles. The number of aryl methyl sites for hydroxylation is 1. The van der Waals surface area contributed by atoms with Gasteiger partial charge in [-0.1, -0.05) is 0 Å². The number of carbonyl (C=O) groups is 1. The second kappa shape index (κ2) is 5.32. The molecule has 0 radical (unpaired) electrons. The van der Waals surface area contributed by atoms with Crippen molar-refractivity contribution >= 4 is 22.8 Å². The van der Waals surface area contributed by atoms with Crippen LogP contribution in [0, 0.1) is 6.92 Å². The first-order chi connectivity index (χ1) is 10.2. The highest BCUT2D eigenvalue weighted by atomic mass is 16.5. The SMILES string of the molecule is COC(=O)c1ccc(CNc2ccc3oc(C)nc3c2)o1. The zero-order valence-electron chi connectivity index (χ0n) is 11.7. The van der Waals surface area contributed by atoms with Gasteiger partial charge in [-0.05, 0) is 30.3 Å². The van der Waals surface area contributed by atoms with Crippen LogP contribution in [0.15, 0.2) is 39.2 Å². The highest BCUT2D eigenvalue weighted by Gasteiger charge is 2.11. The molecule has 6 heteroatoms. The van der Waals surface area contributed by atoms with E-state index in [-0.39, 0.29) is 5.76 Å². The summed E-state index contributed by atoms with van der Waals surface area (Å²) in [5.74, 6) is 0.986. The zero-order valence-corrected chi connectivity index (χ0v) is 11.7. The monoisotopic (exact) mass is 286 g/mol. The maximum absolute atomic E-state index is 11.3. The first-order valence-corrected chi connectivity index (χ1v) is 6.44. The highest BCUT2D eigenvalue weighted by molar-refractivity contribution is 5.86. The van der Waals surface area contributed by atoms with Crippen molar-refractivity contribution in [2.45, 2.75) is 13.5 Å². The van der Waals surface area contributed by atoms with Crippen LogP contribution in [0.3, 0.4) is 0 Å². The van der Waals surface area contributed by atoms with Crippen molar-refractivity contribution in [1.82, 2.24) is 4.98 Å². The van der Waals surface area contributed by atoms with E-state index in [1.807, 2.05) is 25.1 Å². The third kappa shape index (κ3) is 2.74. The van der Waals surface area contributed by atoms with Crippen LogP contribution in [0.2, 0.25) is 0 Å². The molecule has 0 aliphatic rings. The van der Waals surface area contributed by atoms with Gasteiger partial charge in [0.15, 0.2) is 11.5 Å². The van der Waals surface area contributed by atoms with Gasteiger partial charge in [-0.25, -0.2) is 9.78 Å². The number of aromatic nitrogens is 1. The molecule has 2 aromatic heterocycles. The summed E-state index contributed by atoms with van der Waals surface area (Å²) < 4.78 is 15.4. The second-order valence-corrected chi connectivity index (χ2v) is 4.53. The van der Waals surface area contributed by atoms with Crippen LogP contribution in [-0.2, 0) is 11.3 Å². The molecule has 0 aliphatic carbocycles. The predicted molar refractivity (Wildman–Crippen MR) is 76.1 cm³/mol. The lowest BCUT2D eigenvalue weighted by Gasteiger charge is -2.03. The van der Waals surface area contributed by atoms with Crippen molar-refractivity contribution in [3.8, 4) is 0 Å². The fourth-order valence-corrected chi connectivity index (χ4v) is 2.02. The number of oxazole rings is 1. The lowest BCUT2D eigenvalue weighted by atomic mass is 10.3. The minimum absolute atomic E-state index is 0.192. The molecular formula is C15H14N2O4. The van der Waals surface area contributed by atoms with Crippen LogP contribution in [0.25, 0.3) is 11.1 Å². The van der Waals surface area contributed by atoms with Gasteiger partial charge in [0.05, 0.1) is 13.7 Å². The number of nitrogens with one attached hydrogen (secondary N) is 1. The topological polar surface area (TPSA) is 77.5 Å². The summed E-state index contributed by atoms with van der Waals surface area (Å²) in [6.07, 6.45) is 0. The molecule has 0 saturated heterocycles. The number of rotatable bonds is 4. The van der Waals surface area contributed by atoms with Crippen LogP contribution in [0.4, 0.5) is 5.69 Å². The molecule has 0 aliphatic heterocycles. The number of anilines is 1. The summed E-state index contributed by atoms with van der Waals surface area (Å²) in [7, 11) is 1.32. The Morgan fingerprint density at radius 1 is 1.29 bits per heavy atom. The summed E-state index contributed by atoms with van der Waals surface area (Å²) in [6.45, 7) is 2.27. The molecule has 21 heavy (non-hydrogen) atoms. The van der Waals surface area contributed by atoms with Crippen molar-refractivity contribution in [3.05, 3.63) is 47.7 Å². The van der Waals surface area contributed by atoms with Gasteiger partial charge in [0, 0.05) is 12.6 Å². The number of hydrogen-bond donors (Lipinski definition) is 1. The fraction of sp³-hybridized carbons (Fsp3) is 0.200. The molecule has 0 spiro atoms. The number of fused-ring (bicyclic) bond motifs is 1. The number of hydrogen-bond acceptors (Lipinski definition) is 6. The van der Waals surface area contributed by atoms with E-state index in [2.05, 4.69) is 15.0 Å². The van der Waals surface area contributed by atoms with E-state index in [0.29, 0.717) is 18.2 Å². The van der Waals surface area contributed by atoms with Crippen LogP contribution in [0.1, 0.15) is 22.2 Å². The molecule has 3 aromatic rings. The van der Waals surface area contributed by atoms with E-state index >= 15 is 0 Å². The Balaban J connectivity index is 1.70. The molecule has 108 valence electrons. The molecule has 6 nitrogen and oxygen atoms in total. The first-order valence-electron chi connectivity index (χ1n) is 6.44. The first kappa shape index (κ1) is 13.2. The van der Waals surface area contributed by atoms with Crippen LogP contribution in [-0.4, -0.2) is 18.1 Å². The molecule has 3 rings (SSSR count). The average Bonchev–Trinajstić information content (AvgIpc) is 3.09. The van der Waals surface area contributed by atoms with Crippen LogP contribution < -0.4 is 5.32 Å². The van der Waals surface area contributed by atoms with Gasteiger partial charge in [-0.2, -0.15) is 0 Å². The van der Waals surface area contributed by atoms with E-state index in [4.69, 9.17) is 8.83 Å². The number of methoxy groups -OCH3 is 1. The van der Waals surface area contributed by atoms with E-state index < -0.39 is 5.97 Å². The third-order valence-electron chi connectivity index (χ3n) is 3.01. The van der Waals surface area contributed by atoms with Gasteiger partial charge in [0.1, 0.15) is 11.3 Å². The van der Waals surface area contributed by atoms with E-state index in [0.717, 1.165) is 16.8 Å². The average molecular weight is 286 g/mol.